The van der Waals surface area contributed by atoms with Crippen molar-refractivity contribution in [2.24, 2.45) is 0 Å². The molecule has 2 N–H and O–H groups in total. The van der Waals surface area contributed by atoms with Crippen molar-refractivity contribution in [3.05, 3.63) is 42.5 Å². The van der Waals surface area contributed by atoms with Crippen molar-refractivity contribution in [1.29, 1.82) is 0 Å². The second-order valence-corrected chi connectivity index (χ2v) is 6.55. The Kier molecular flexibility index (Phi) is 3.74. The summed E-state index contributed by atoms with van der Waals surface area (Å²) in [6.45, 7) is 2.94. The monoisotopic (exact) mass is 365 g/mol. The molecule has 2 aliphatic rings. The molecule has 3 aromatic rings. The van der Waals surface area contributed by atoms with Gasteiger partial charge in [-0.05, 0) is 24.3 Å². The molecule has 1 aromatic heterocycles. The topological polar surface area (TPSA) is 82.7 Å². The Hall–Kier alpha value is -3.42. The first-order chi connectivity index (χ1) is 13.3. The van der Waals surface area contributed by atoms with Gasteiger partial charge in [-0.25, -0.2) is 9.78 Å². The molecule has 8 heteroatoms. The number of urea groups is 1. The first-order valence-corrected chi connectivity index (χ1v) is 8.91. The van der Waals surface area contributed by atoms with Gasteiger partial charge in [-0.15, -0.1) is 0 Å². The number of piperazine rings is 1. The number of ether oxygens (including phenoxy) is 2. The van der Waals surface area contributed by atoms with E-state index in [1.807, 2.05) is 35.2 Å². The first kappa shape index (κ1) is 15.8. The highest BCUT2D eigenvalue weighted by atomic mass is 16.7. The molecule has 0 saturated carbocycles. The van der Waals surface area contributed by atoms with Gasteiger partial charge < -0.3 is 29.6 Å². The number of anilines is 2. The van der Waals surface area contributed by atoms with E-state index in [2.05, 4.69) is 20.2 Å². The Morgan fingerprint density at radius 1 is 1.04 bits per heavy atom. The average molecular weight is 365 g/mol. The average Bonchev–Trinajstić information content (AvgIpc) is 3.34. The van der Waals surface area contributed by atoms with E-state index in [-0.39, 0.29) is 12.8 Å². The molecule has 0 unspecified atom stereocenters. The predicted octanol–water partition coefficient (Wildman–Crippen LogP) is 2.65. The minimum absolute atomic E-state index is 0.113. The highest BCUT2D eigenvalue weighted by molar-refractivity contribution is 5.90. The van der Waals surface area contributed by atoms with Crippen LogP contribution in [0.15, 0.2) is 42.5 Å². The predicted molar refractivity (Wildman–Crippen MR) is 101 cm³/mol. The van der Waals surface area contributed by atoms with Crippen LogP contribution in [-0.2, 0) is 0 Å². The lowest BCUT2D eigenvalue weighted by atomic mass is 10.3. The highest BCUT2D eigenvalue weighted by Crippen LogP contribution is 2.34. The van der Waals surface area contributed by atoms with Gasteiger partial charge in [-0.1, -0.05) is 12.1 Å². The maximum Gasteiger partial charge on any atom is 0.321 e. The van der Waals surface area contributed by atoms with E-state index in [4.69, 9.17) is 9.47 Å². The van der Waals surface area contributed by atoms with Crippen molar-refractivity contribution in [2.45, 2.75) is 0 Å². The number of carbonyl (C=O) groups excluding carboxylic acids is 1. The summed E-state index contributed by atoms with van der Waals surface area (Å²) < 4.78 is 10.6. The second kappa shape index (κ2) is 6.39. The largest absolute Gasteiger partial charge is 0.454 e. The van der Waals surface area contributed by atoms with E-state index < -0.39 is 0 Å². The number of imidazole rings is 1. The Bertz CT molecular complexity index is 961. The van der Waals surface area contributed by atoms with E-state index in [1.165, 1.54) is 0 Å². The molecule has 1 saturated heterocycles. The molecule has 3 heterocycles. The van der Waals surface area contributed by atoms with Gasteiger partial charge in [0, 0.05) is 37.9 Å². The fraction of sp³-hybridized carbons (Fsp3) is 0.263. The zero-order valence-corrected chi connectivity index (χ0v) is 14.6. The van der Waals surface area contributed by atoms with Gasteiger partial charge in [-0.3, -0.25) is 0 Å². The zero-order valence-electron chi connectivity index (χ0n) is 14.6. The van der Waals surface area contributed by atoms with Crippen LogP contribution in [-0.4, -0.2) is 53.9 Å². The molecular formula is C19H19N5O3. The summed E-state index contributed by atoms with van der Waals surface area (Å²) in [5, 5.41) is 2.93. The molecule has 8 nitrogen and oxygen atoms in total. The number of H-pyrrole nitrogens is 1. The van der Waals surface area contributed by atoms with Crippen LogP contribution in [0.25, 0.3) is 11.0 Å². The number of aromatic nitrogens is 2. The number of rotatable bonds is 2. The van der Waals surface area contributed by atoms with Crippen molar-refractivity contribution in [3.8, 4) is 11.5 Å². The molecule has 5 rings (SSSR count). The number of hydrogen-bond acceptors (Lipinski definition) is 5. The van der Waals surface area contributed by atoms with Crippen molar-refractivity contribution in [1.82, 2.24) is 14.9 Å². The summed E-state index contributed by atoms with van der Waals surface area (Å²) in [5.41, 5.74) is 2.68. The standard InChI is InChI=1S/C19H19N5O3/c25-19(20-13-5-6-16-17(11-13)27-12-26-16)24-9-7-23(8-10-24)18-21-14-3-1-2-4-15(14)22-18/h1-6,11H,7-10,12H2,(H,20,25)(H,21,22). The van der Waals surface area contributed by atoms with Gasteiger partial charge in [0.2, 0.25) is 12.7 Å². The number of nitrogens with zero attached hydrogens (tertiary/aromatic N) is 3. The van der Waals surface area contributed by atoms with Crippen molar-refractivity contribution >= 4 is 28.7 Å². The molecule has 0 radical (unpaired) electrons. The summed E-state index contributed by atoms with van der Waals surface area (Å²) in [4.78, 5) is 24.5. The Balaban J connectivity index is 1.21. The third kappa shape index (κ3) is 2.99. The number of amides is 2. The van der Waals surface area contributed by atoms with Crippen LogP contribution in [0.1, 0.15) is 0 Å². The van der Waals surface area contributed by atoms with Crippen LogP contribution in [0.2, 0.25) is 0 Å². The second-order valence-electron chi connectivity index (χ2n) is 6.55. The van der Waals surface area contributed by atoms with Crippen LogP contribution in [0.4, 0.5) is 16.4 Å². The number of hydrogen-bond donors (Lipinski definition) is 2. The van der Waals surface area contributed by atoms with Gasteiger partial charge in [0.1, 0.15) is 0 Å². The summed E-state index contributed by atoms with van der Waals surface area (Å²) in [7, 11) is 0. The summed E-state index contributed by atoms with van der Waals surface area (Å²) in [6, 6.07) is 13.3. The first-order valence-electron chi connectivity index (χ1n) is 8.91. The van der Waals surface area contributed by atoms with Crippen molar-refractivity contribution < 1.29 is 14.3 Å². The maximum atomic E-state index is 12.6. The normalized spacial score (nSPS) is 16.0. The SMILES string of the molecule is O=C(Nc1ccc2c(c1)OCO2)N1CCN(c2nc3ccccc3[nH]2)CC1. The fourth-order valence-electron chi connectivity index (χ4n) is 3.39. The van der Waals surface area contributed by atoms with Crippen LogP contribution in [0, 0.1) is 0 Å². The summed E-state index contributed by atoms with van der Waals surface area (Å²) in [6.07, 6.45) is 0. The fourth-order valence-corrected chi connectivity index (χ4v) is 3.39. The Labute approximate surface area is 155 Å². The van der Waals surface area contributed by atoms with Gasteiger partial charge >= 0.3 is 6.03 Å². The summed E-state index contributed by atoms with van der Waals surface area (Å²) >= 11 is 0. The Morgan fingerprint density at radius 3 is 2.70 bits per heavy atom. The zero-order chi connectivity index (χ0) is 18.2. The van der Waals surface area contributed by atoms with Gasteiger partial charge in [-0.2, -0.15) is 0 Å². The molecule has 27 heavy (non-hydrogen) atoms. The maximum absolute atomic E-state index is 12.6. The molecule has 0 aliphatic carbocycles. The number of nitrogens with one attached hydrogen (secondary N) is 2. The molecule has 2 aliphatic heterocycles. The van der Waals surface area contributed by atoms with Gasteiger partial charge in [0.25, 0.3) is 0 Å². The molecular weight excluding hydrogens is 346 g/mol. The quantitative estimate of drug-likeness (QED) is 0.730. The number of aromatic amines is 1. The van der Waals surface area contributed by atoms with Gasteiger partial charge in [0.05, 0.1) is 11.0 Å². The number of carbonyl (C=O) groups is 1. The van der Waals surface area contributed by atoms with Crippen LogP contribution in [0.5, 0.6) is 11.5 Å². The minimum Gasteiger partial charge on any atom is -0.454 e. The number of benzene rings is 2. The molecule has 2 amide bonds. The molecule has 1 fully saturated rings. The third-order valence-corrected chi connectivity index (χ3v) is 4.87. The smallest absolute Gasteiger partial charge is 0.321 e. The van der Waals surface area contributed by atoms with E-state index >= 15 is 0 Å². The molecule has 0 spiro atoms. The van der Waals surface area contributed by atoms with E-state index in [0.29, 0.717) is 30.3 Å². The van der Waals surface area contributed by atoms with Crippen LogP contribution < -0.4 is 19.7 Å². The third-order valence-electron chi connectivity index (χ3n) is 4.87. The minimum atomic E-state index is -0.113. The molecule has 0 atom stereocenters. The van der Waals surface area contributed by atoms with E-state index in [1.54, 1.807) is 12.1 Å². The van der Waals surface area contributed by atoms with Crippen LogP contribution in [0.3, 0.4) is 0 Å². The lowest BCUT2D eigenvalue weighted by molar-refractivity contribution is 0.174. The molecule has 138 valence electrons. The van der Waals surface area contributed by atoms with Crippen LogP contribution >= 0.6 is 0 Å². The lowest BCUT2D eigenvalue weighted by Gasteiger charge is -2.34. The number of fused-ring (bicyclic) bond motifs is 2. The lowest BCUT2D eigenvalue weighted by Crippen LogP contribution is -2.50. The van der Waals surface area contributed by atoms with Gasteiger partial charge in [0.15, 0.2) is 11.5 Å². The highest BCUT2D eigenvalue weighted by Gasteiger charge is 2.23. The Morgan fingerprint density at radius 2 is 1.85 bits per heavy atom. The van der Waals surface area contributed by atoms with E-state index in [9.17, 15) is 4.79 Å². The summed E-state index contributed by atoms with van der Waals surface area (Å²) in [5.74, 6) is 2.21. The van der Waals surface area contributed by atoms with E-state index in [0.717, 1.165) is 30.1 Å². The van der Waals surface area contributed by atoms with Crippen molar-refractivity contribution in [2.75, 3.05) is 43.2 Å². The van der Waals surface area contributed by atoms with Crippen molar-refractivity contribution in [3.63, 3.8) is 0 Å². The molecule has 0 bridgehead atoms. The number of para-hydroxylation sites is 2. The molecule has 2 aromatic carbocycles.